The molecule has 1 aromatic carbocycles. The second-order valence-corrected chi connectivity index (χ2v) is 12.6. The fourth-order valence-electron chi connectivity index (χ4n) is 6.63. The van der Waals surface area contributed by atoms with Crippen molar-refractivity contribution in [2.45, 2.75) is 77.6 Å². The largest absolute Gasteiger partial charge is 0.433 e. The zero-order chi connectivity index (χ0) is 30.0. The Labute approximate surface area is 249 Å². The van der Waals surface area contributed by atoms with E-state index < -0.39 is 17.9 Å². The molecular weight excluding hydrogens is 577 g/mol. The maximum atomic E-state index is 13.4. The highest BCUT2D eigenvalue weighted by Gasteiger charge is 2.38. The molecule has 1 aliphatic heterocycles. The molecule has 0 radical (unpaired) electrons. The van der Waals surface area contributed by atoms with Crippen LogP contribution in [-0.4, -0.2) is 30.6 Å². The Balaban J connectivity index is 1.37. The number of pyridine rings is 1. The summed E-state index contributed by atoms with van der Waals surface area (Å²) < 4.78 is 47.5. The second kappa shape index (κ2) is 10.3. The van der Waals surface area contributed by atoms with Crippen LogP contribution < -0.4 is 4.90 Å². The van der Waals surface area contributed by atoms with Crippen molar-refractivity contribution in [2.75, 3.05) is 4.90 Å². The molecule has 12 heteroatoms. The SMILES string of the molecule is Cc1nc2c(s1)CC(n1c(C3CCCC(=O)N3c3ccc(C(F)(F)F)nc3)nc3cc(-c4c(C)noc4C)ccc31)CC2. The average Bonchev–Trinajstić information content (AvgIpc) is 3.64. The summed E-state index contributed by atoms with van der Waals surface area (Å²) in [6.07, 6.45) is 0.683. The van der Waals surface area contributed by atoms with E-state index >= 15 is 0 Å². The highest BCUT2D eigenvalue weighted by molar-refractivity contribution is 7.11. The van der Waals surface area contributed by atoms with Crippen LogP contribution in [0.3, 0.4) is 0 Å². The predicted octanol–water partition coefficient (Wildman–Crippen LogP) is 7.48. The van der Waals surface area contributed by atoms with Gasteiger partial charge in [-0.3, -0.25) is 4.79 Å². The van der Waals surface area contributed by atoms with Gasteiger partial charge < -0.3 is 14.0 Å². The van der Waals surface area contributed by atoms with Crippen molar-refractivity contribution >= 4 is 34.0 Å². The fourth-order valence-corrected chi connectivity index (χ4v) is 7.68. The summed E-state index contributed by atoms with van der Waals surface area (Å²) in [6, 6.07) is 8.03. The second-order valence-electron chi connectivity index (χ2n) is 11.3. The predicted molar refractivity (Wildman–Crippen MR) is 156 cm³/mol. The Morgan fingerprint density at radius 3 is 2.60 bits per heavy atom. The number of hydrogen-bond donors (Lipinski definition) is 0. The van der Waals surface area contributed by atoms with Gasteiger partial charge in [0.2, 0.25) is 5.91 Å². The molecule has 8 nitrogen and oxygen atoms in total. The summed E-state index contributed by atoms with van der Waals surface area (Å²) >= 11 is 1.72. The van der Waals surface area contributed by atoms with Crippen LogP contribution in [0.5, 0.6) is 0 Å². The van der Waals surface area contributed by atoms with E-state index in [1.54, 1.807) is 16.2 Å². The van der Waals surface area contributed by atoms with Gasteiger partial charge in [0.15, 0.2) is 0 Å². The Morgan fingerprint density at radius 1 is 1.05 bits per heavy atom. The number of thiazole rings is 1. The van der Waals surface area contributed by atoms with Crippen LogP contribution in [0, 0.1) is 20.8 Å². The van der Waals surface area contributed by atoms with Crippen LogP contribution in [0.1, 0.15) is 76.3 Å². The van der Waals surface area contributed by atoms with Gasteiger partial charge in [-0.05, 0) is 76.3 Å². The Hall–Kier alpha value is -4.06. The first kappa shape index (κ1) is 27.8. The zero-order valence-corrected chi connectivity index (χ0v) is 24.7. The number of alkyl halides is 3. The molecule has 4 aromatic heterocycles. The topological polar surface area (TPSA) is 89.9 Å². The summed E-state index contributed by atoms with van der Waals surface area (Å²) in [5.41, 5.74) is 4.87. The standard InChI is InChI=1S/C31H29F3N6O2S/c1-16-29(17(2)42-38-16)19-7-11-24-23(13-19)37-30(40(24)20-8-10-22-26(14-20)43-18(3)36-22)25-5-4-6-28(41)39(25)21-9-12-27(35-15-21)31(32,33)34/h7,9,11-13,15,20,25H,4-6,8,10,14H2,1-3H3. The van der Waals surface area contributed by atoms with Crippen LogP contribution in [0.15, 0.2) is 41.1 Å². The lowest BCUT2D eigenvalue weighted by Gasteiger charge is -2.36. The quantitative estimate of drug-likeness (QED) is 0.211. The maximum Gasteiger partial charge on any atom is 0.433 e. The Kier molecular flexibility index (Phi) is 6.64. The third kappa shape index (κ3) is 4.81. The smallest absolute Gasteiger partial charge is 0.361 e. The number of imidazole rings is 1. The summed E-state index contributed by atoms with van der Waals surface area (Å²) in [4.78, 5) is 29.8. The van der Waals surface area contributed by atoms with E-state index in [9.17, 15) is 18.0 Å². The van der Waals surface area contributed by atoms with Crippen molar-refractivity contribution in [3.63, 3.8) is 0 Å². The van der Waals surface area contributed by atoms with Crippen molar-refractivity contribution < 1.29 is 22.5 Å². The third-order valence-corrected chi connectivity index (χ3v) is 9.52. The van der Waals surface area contributed by atoms with Gasteiger partial charge in [0.1, 0.15) is 17.3 Å². The molecule has 1 aliphatic carbocycles. The Morgan fingerprint density at radius 2 is 1.88 bits per heavy atom. The lowest BCUT2D eigenvalue weighted by molar-refractivity contribution is -0.141. The lowest BCUT2D eigenvalue weighted by Crippen LogP contribution is -2.40. The molecule has 1 saturated heterocycles. The highest BCUT2D eigenvalue weighted by atomic mass is 32.1. The first-order valence-electron chi connectivity index (χ1n) is 14.3. The van der Waals surface area contributed by atoms with Gasteiger partial charge in [-0.2, -0.15) is 13.2 Å². The first-order chi connectivity index (χ1) is 20.6. The van der Waals surface area contributed by atoms with Gasteiger partial charge in [-0.25, -0.2) is 15.0 Å². The molecule has 1 amide bonds. The van der Waals surface area contributed by atoms with Crippen LogP contribution in [0.25, 0.3) is 22.2 Å². The molecular formula is C31H29F3N6O2S. The molecule has 5 aromatic rings. The molecule has 5 heterocycles. The number of aromatic nitrogens is 5. The molecule has 0 spiro atoms. The molecule has 7 rings (SSSR count). The number of rotatable bonds is 4. The van der Waals surface area contributed by atoms with E-state index in [1.807, 2.05) is 32.9 Å². The number of piperidine rings is 1. The minimum absolute atomic E-state index is 0.0851. The Bertz CT molecular complexity index is 1840. The monoisotopic (exact) mass is 606 g/mol. The van der Waals surface area contributed by atoms with Gasteiger partial charge in [0, 0.05) is 29.3 Å². The number of nitrogens with zero attached hydrogens (tertiary/aromatic N) is 6. The summed E-state index contributed by atoms with van der Waals surface area (Å²) in [6.45, 7) is 5.81. The molecule has 0 bridgehead atoms. The summed E-state index contributed by atoms with van der Waals surface area (Å²) in [5, 5.41) is 5.16. The molecule has 43 heavy (non-hydrogen) atoms. The van der Waals surface area contributed by atoms with Crippen molar-refractivity contribution in [1.82, 2.24) is 24.7 Å². The van der Waals surface area contributed by atoms with E-state index in [0.717, 1.165) is 81.7 Å². The molecule has 0 saturated carbocycles. The fraction of sp³-hybridized carbons (Fsp3) is 0.387. The van der Waals surface area contributed by atoms with Crippen LogP contribution >= 0.6 is 11.3 Å². The normalized spacial score (nSPS) is 19.3. The minimum atomic E-state index is -4.56. The number of amides is 1. The molecule has 1 fully saturated rings. The van der Waals surface area contributed by atoms with Gasteiger partial charge in [0.05, 0.1) is 45.4 Å². The van der Waals surface area contributed by atoms with Gasteiger partial charge in [-0.1, -0.05) is 11.2 Å². The van der Waals surface area contributed by atoms with E-state index in [2.05, 4.69) is 20.8 Å². The van der Waals surface area contributed by atoms with Gasteiger partial charge >= 0.3 is 6.18 Å². The van der Waals surface area contributed by atoms with Gasteiger partial charge in [0.25, 0.3) is 0 Å². The van der Waals surface area contributed by atoms with Gasteiger partial charge in [-0.15, -0.1) is 11.3 Å². The summed E-state index contributed by atoms with van der Waals surface area (Å²) in [5.74, 6) is 1.29. The van der Waals surface area contributed by atoms with E-state index in [4.69, 9.17) is 14.5 Å². The maximum absolute atomic E-state index is 13.4. The number of anilines is 1. The van der Waals surface area contributed by atoms with Crippen LogP contribution in [0.2, 0.25) is 0 Å². The number of aryl methyl sites for hydroxylation is 4. The number of halogens is 3. The van der Waals surface area contributed by atoms with Crippen LogP contribution in [0.4, 0.5) is 18.9 Å². The van der Waals surface area contributed by atoms with E-state index in [1.165, 1.54) is 10.9 Å². The number of fused-ring (bicyclic) bond motifs is 2. The molecule has 2 aliphatic rings. The van der Waals surface area contributed by atoms with E-state index in [-0.39, 0.29) is 11.9 Å². The van der Waals surface area contributed by atoms with Crippen molar-refractivity contribution in [2.24, 2.45) is 0 Å². The first-order valence-corrected chi connectivity index (χ1v) is 15.2. The molecule has 2 atom stereocenters. The molecule has 0 N–H and O–H groups in total. The molecule has 222 valence electrons. The molecule has 2 unspecified atom stereocenters. The van der Waals surface area contributed by atoms with Crippen molar-refractivity contribution in [3.05, 3.63) is 75.1 Å². The van der Waals surface area contributed by atoms with Crippen molar-refractivity contribution in [3.8, 4) is 11.1 Å². The van der Waals surface area contributed by atoms with Crippen molar-refractivity contribution in [1.29, 1.82) is 0 Å². The third-order valence-electron chi connectivity index (χ3n) is 8.49. The summed E-state index contributed by atoms with van der Waals surface area (Å²) in [7, 11) is 0. The zero-order valence-electron chi connectivity index (χ0n) is 23.9. The number of carbonyl (C=O) groups is 1. The minimum Gasteiger partial charge on any atom is -0.361 e. The van der Waals surface area contributed by atoms with Crippen LogP contribution in [-0.2, 0) is 23.8 Å². The highest BCUT2D eigenvalue weighted by Crippen LogP contribution is 2.42. The lowest BCUT2D eigenvalue weighted by atomic mass is 9.95. The number of carbonyl (C=O) groups excluding carboxylic acids is 1. The average molecular weight is 607 g/mol. The number of benzene rings is 1. The van der Waals surface area contributed by atoms with E-state index in [0.29, 0.717) is 24.9 Å². The number of hydrogen-bond acceptors (Lipinski definition) is 7.